The van der Waals surface area contributed by atoms with E-state index in [9.17, 15) is 0 Å². The first kappa shape index (κ1) is 9.90. The minimum absolute atomic E-state index is 0.493. The largest absolute Gasteiger partial charge is 0.383 e. The molecule has 1 aromatic heterocycles. The van der Waals surface area contributed by atoms with Crippen molar-refractivity contribution < 1.29 is 0 Å². The van der Waals surface area contributed by atoms with Crippen molar-refractivity contribution in [2.24, 2.45) is 0 Å². The van der Waals surface area contributed by atoms with Crippen LogP contribution in [0.2, 0.25) is 0 Å². The summed E-state index contributed by atoms with van der Waals surface area (Å²) in [4.78, 5) is 8.20. The van der Waals surface area contributed by atoms with Crippen molar-refractivity contribution in [2.75, 3.05) is 5.32 Å². The zero-order valence-electron chi connectivity index (χ0n) is 9.07. The van der Waals surface area contributed by atoms with E-state index < -0.39 is 0 Å². The van der Waals surface area contributed by atoms with Crippen LogP contribution in [0.4, 0.5) is 5.69 Å². The predicted octanol–water partition coefficient (Wildman–Crippen LogP) is 2.84. The first-order valence-electron chi connectivity index (χ1n) is 5.26. The second kappa shape index (κ2) is 4.26. The highest BCUT2D eigenvalue weighted by molar-refractivity contribution is 5.81. The first-order valence-corrected chi connectivity index (χ1v) is 5.26. The van der Waals surface area contributed by atoms with Crippen LogP contribution in [0.1, 0.15) is 20.3 Å². The Hall–Kier alpha value is -1.64. The highest BCUT2D eigenvalue weighted by Crippen LogP contribution is 2.17. The first-order chi connectivity index (χ1) is 7.29. The Labute approximate surface area is 89.6 Å². The molecule has 0 fully saturated rings. The summed E-state index contributed by atoms with van der Waals surface area (Å²) in [7, 11) is 0. The standard InChI is InChI=1S/C12H15N3/c1-3-9(2)15-11-4-5-12-10(6-11)7-13-8-14-12/h4-9,15H,3H2,1-2H3. The monoisotopic (exact) mass is 201 g/mol. The molecule has 0 aliphatic rings. The number of hydrogen-bond acceptors (Lipinski definition) is 3. The molecule has 1 N–H and O–H groups in total. The van der Waals surface area contributed by atoms with Crippen molar-refractivity contribution in [1.82, 2.24) is 9.97 Å². The molecule has 0 saturated heterocycles. The van der Waals surface area contributed by atoms with Crippen LogP contribution in [0.15, 0.2) is 30.7 Å². The third-order valence-corrected chi connectivity index (χ3v) is 2.53. The summed E-state index contributed by atoms with van der Waals surface area (Å²) in [5.41, 5.74) is 2.12. The lowest BCUT2D eigenvalue weighted by atomic mass is 10.2. The van der Waals surface area contributed by atoms with Crippen molar-refractivity contribution in [3.63, 3.8) is 0 Å². The fourth-order valence-corrected chi connectivity index (χ4v) is 1.46. The van der Waals surface area contributed by atoms with E-state index in [4.69, 9.17) is 0 Å². The van der Waals surface area contributed by atoms with Gasteiger partial charge in [-0.2, -0.15) is 0 Å². The minimum atomic E-state index is 0.493. The van der Waals surface area contributed by atoms with Gasteiger partial charge in [0, 0.05) is 23.3 Å². The van der Waals surface area contributed by atoms with Crippen molar-refractivity contribution in [1.29, 1.82) is 0 Å². The molecule has 1 unspecified atom stereocenters. The Balaban J connectivity index is 2.30. The molecule has 0 saturated carbocycles. The molecule has 1 atom stereocenters. The van der Waals surface area contributed by atoms with E-state index in [1.165, 1.54) is 0 Å². The quantitative estimate of drug-likeness (QED) is 0.829. The number of nitrogens with one attached hydrogen (secondary N) is 1. The molecule has 0 bridgehead atoms. The van der Waals surface area contributed by atoms with E-state index in [1.807, 2.05) is 12.3 Å². The number of rotatable bonds is 3. The molecule has 2 aromatic rings. The van der Waals surface area contributed by atoms with Gasteiger partial charge in [0.15, 0.2) is 0 Å². The number of aromatic nitrogens is 2. The van der Waals surface area contributed by atoms with Crippen molar-refractivity contribution in [3.8, 4) is 0 Å². The maximum absolute atomic E-state index is 4.18. The van der Waals surface area contributed by atoms with E-state index in [0.29, 0.717) is 6.04 Å². The van der Waals surface area contributed by atoms with Gasteiger partial charge < -0.3 is 5.32 Å². The SMILES string of the molecule is CCC(C)Nc1ccc2ncncc2c1. The molecular formula is C12H15N3. The summed E-state index contributed by atoms with van der Waals surface area (Å²) in [5, 5.41) is 4.50. The van der Waals surface area contributed by atoms with Crippen molar-refractivity contribution in [2.45, 2.75) is 26.3 Å². The maximum atomic E-state index is 4.18. The van der Waals surface area contributed by atoms with Gasteiger partial charge in [0.1, 0.15) is 6.33 Å². The lowest BCUT2D eigenvalue weighted by Gasteiger charge is -2.13. The Morgan fingerprint density at radius 1 is 1.40 bits per heavy atom. The average Bonchev–Trinajstić information content (AvgIpc) is 2.29. The molecule has 0 spiro atoms. The van der Waals surface area contributed by atoms with Gasteiger partial charge in [0.05, 0.1) is 5.52 Å². The van der Waals surface area contributed by atoms with Crippen LogP contribution in [0.25, 0.3) is 10.9 Å². The molecule has 3 nitrogen and oxygen atoms in total. The zero-order chi connectivity index (χ0) is 10.7. The number of anilines is 1. The van der Waals surface area contributed by atoms with Crippen molar-refractivity contribution in [3.05, 3.63) is 30.7 Å². The lowest BCUT2D eigenvalue weighted by Crippen LogP contribution is -2.13. The molecule has 15 heavy (non-hydrogen) atoms. The third-order valence-electron chi connectivity index (χ3n) is 2.53. The Morgan fingerprint density at radius 3 is 3.07 bits per heavy atom. The maximum Gasteiger partial charge on any atom is 0.116 e. The van der Waals surface area contributed by atoms with Crippen LogP contribution in [-0.2, 0) is 0 Å². The summed E-state index contributed by atoms with van der Waals surface area (Å²) in [6.07, 6.45) is 4.53. The van der Waals surface area contributed by atoms with Gasteiger partial charge in [-0.25, -0.2) is 9.97 Å². The van der Waals surface area contributed by atoms with Crippen LogP contribution < -0.4 is 5.32 Å². The summed E-state index contributed by atoms with van der Waals surface area (Å²) in [5.74, 6) is 0. The van der Waals surface area contributed by atoms with Gasteiger partial charge in [0.2, 0.25) is 0 Å². The normalized spacial score (nSPS) is 12.7. The van der Waals surface area contributed by atoms with Crippen LogP contribution in [0.3, 0.4) is 0 Å². The average molecular weight is 201 g/mol. The molecule has 0 radical (unpaired) electrons. The summed E-state index contributed by atoms with van der Waals surface area (Å²) < 4.78 is 0. The fourth-order valence-electron chi connectivity index (χ4n) is 1.46. The molecule has 0 aliphatic carbocycles. The second-order valence-electron chi connectivity index (χ2n) is 3.75. The zero-order valence-corrected chi connectivity index (χ0v) is 9.07. The minimum Gasteiger partial charge on any atom is -0.383 e. The predicted molar refractivity (Wildman–Crippen MR) is 62.9 cm³/mol. The van der Waals surface area contributed by atoms with E-state index in [0.717, 1.165) is 23.0 Å². The molecular weight excluding hydrogens is 186 g/mol. The summed E-state index contributed by atoms with van der Waals surface area (Å²) in [6, 6.07) is 6.65. The number of fused-ring (bicyclic) bond motifs is 1. The topological polar surface area (TPSA) is 37.8 Å². The van der Waals surface area contributed by atoms with E-state index >= 15 is 0 Å². The highest BCUT2D eigenvalue weighted by Gasteiger charge is 2.00. The smallest absolute Gasteiger partial charge is 0.116 e. The van der Waals surface area contributed by atoms with Crippen LogP contribution in [-0.4, -0.2) is 16.0 Å². The Morgan fingerprint density at radius 2 is 2.27 bits per heavy atom. The fraction of sp³-hybridized carbons (Fsp3) is 0.333. The van der Waals surface area contributed by atoms with Gasteiger partial charge >= 0.3 is 0 Å². The lowest BCUT2D eigenvalue weighted by molar-refractivity contribution is 0.764. The molecule has 1 heterocycles. The molecule has 3 heteroatoms. The van der Waals surface area contributed by atoms with Crippen LogP contribution >= 0.6 is 0 Å². The molecule has 78 valence electrons. The van der Waals surface area contributed by atoms with Crippen LogP contribution in [0, 0.1) is 0 Å². The second-order valence-corrected chi connectivity index (χ2v) is 3.75. The number of hydrogen-bond donors (Lipinski definition) is 1. The van der Waals surface area contributed by atoms with E-state index in [2.05, 4.69) is 41.3 Å². The van der Waals surface area contributed by atoms with E-state index in [1.54, 1.807) is 6.33 Å². The molecule has 2 rings (SSSR count). The van der Waals surface area contributed by atoms with Gasteiger partial charge in [0.25, 0.3) is 0 Å². The number of nitrogens with zero attached hydrogens (tertiary/aromatic N) is 2. The molecule has 1 aromatic carbocycles. The third kappa shape index (κ3) is 2.24. The molecule has 0 amide bonds. The summed E-state index contributed by atoms with van der Waals surface area (Å²) in [6.45, 7) is 4.34. The van der Waals surface area contributed by atoms with Gasteiger partial charge in [-0.1, -0.05) is 6.92 Å². The van der Waals surface area contributed by atoms with Gasteiger partial charge in [-0.3, -0.25) is 0 Å². The van der Waals surface area contributed by atoms with Gasteiger partial charge in [-0.05, 0) is 31.5 Å². The number of benzene rings is 1. The van der Waals surface area contributed by atoms with Crippen LogP contribution in [0.5, 0.6) is 0 Å². The molecule has 0 aliphatic heterocycles. The van der Waals surface area contributed by atoms with Crippen molar-refractivity contribution >= 4 is 16.6 Å². The van der Waals surface area contributed by atoms with E-state index in [-0.39, 0.29) is 0 Å². The summed E-state index contributed by atoms with van der Waals surface area (Å²) >= 11 is 0. The Bertz CT molecular complexity index is 453. The highest BCUT2D eigenvalue weighted by atomic mass is 14.9. The van der Waals surface area contributed by atoms with Gasteiger partial charge in [-0.15, -0.1) is 0 Å². The Kier molecular flexibility index (Phi) is 2.81.